The van der Waals surface area contributed by atoms with Gasteiger partial charge in [0, 0.05) is 0 Å². The number of ketones is 1. The van der Waals surface area contributed by atoms with Crippen molar-refractivity contribution in [2.45, 2.75) is 40.3 Å². The van der Waals surface area contributed by atoms with Crippen LogP contribution in [-0.4, -0.2) is 33.9 Å². The lowest BCUT2D eigenvalue weighted by Gasteiger charge is -2.19. The molecular weight excluding hydrogens is 392 g/mol. The Kier molecular flexibility index (Phi) is 11.6. The molecule has 2 aromatic rings. The highest BCUT2D eigenvalue weighted by Crippen LogP contribution is 2.21. The second-order valence-electron chi connectivity index (χ2n) is 7.91. The molecule has 0 aliphatic carbocycles. The van der Waals surface area contributed by atoms with Crippen LogP contribution < -0.4 is 5.19 Å². The molecule has 0 fully saturated rings. The fraction of sp³-hybridized carbons (Fsp3) is 0.360. The third-order valence-corrected chi connectivity index (χ3v) is 6.40. The van der Waals surface area contributed by atoms with Crippen molar-refractivity contribution < 1.29 is 19.1 Å². The van der Waals surface area contributed by atoms with Crippen molar-refractivity contribution in [3.05, 3.63) is 72.3 Å². The summed E-state index contributed by atoms with van der Waals surface area (Å²) < 4.78 is 10.0. The van der Waals surface area contributed by atoms with Gasteiger partial charge in [0.05, 0.1) is 14.2 Å². The van der Waals surface area contributed by atoms with Gasteiger partial charge >= 0.3 is 5.97 Å². The van der Waals surface area contributed by atoms with Crippen LogP contribution in [0.4, 0.5) is 0 Å². The monoisotopic (exact) mass is 426 g/mol. The topological polar surface area (TPSA) is 52.6 Å². The number of rotatable bonds is 9. The number of ether oxygens (including phenoxy) is 2. The van der Waals surface area contributed by atoms with Crippen LogP contribution in [0.15, 0.2) is 66.7 Å². The Morgan fingerprint density at radius 3 is 2.03 bits per heavy atom. The summed E-state index contributed by atoms with van der Waals surface area (Å²) in [5, 5.41) is 1.55. The zero-order chi connectivity index (χ0) is 22.4. The molecule has 0 heterocycles. The van der Waals surface area contributed by atoms with Gasteiger partial charge in [-0.15, -0.1) is 0 Å². The van der Waals surface area contributed by atoms with Gasteiger partial charge in [-0.1, -0.05) is 91.9 Å². The molecule has 162 valence electrons. The number of carbonyl (C=O) groups excluding carboxylic acids is 2. The molecule has 5 heteroatoms. The predicted molar refractivity (Wildman–Crippen MR) is 126 cm³/mol. The fourth-order valence-corrected chi connectivity index (χ4v) is 3.21. The van der Waals surface area contributed by atoms with Crippen LogP contribution >= 0.6 is 0 Å². The quantitative estimate of drug-likeness (QED) is 0.193. The Morgan fingerprint density at radius 2 is 1.53 bits per heavy atom. The van der Waals surface area contributed by atoms with Gasteiger partial charge in [-0.05, 0) is 31.9 Å². The first-order valence-electron chi connectivity index (χ1n) is 10.3. The van der Waals surface area contributed by atoms with E-state index in [9.17, 15) is 9.59 Å². The van der Waals surface area contributed by atoms with E-state index in [2.05, 4.69) is 43.4 Å². The maximum Gasteiger partial charge on any atom is 0.313 e. The first kappa shape index (κ1) is 25.5. The van der Waals surface area contributed by atoms with E-state index in [0.717, 1.165) is 5.56 Å². The molecule has 0 aliphatic rings. The maximum atomic E-state index is 11.7. The molecule has 0 saturated heterocycles. The lowest BCUT2D eigenvalue weighted by Crippen LogP contribution is -2.27. The molecule has 0 atom stereocenters. The van der Waals surface area contributed by atoms with Crippen molar-refractivity contribution in [3.63, 3.8) is 0 Å². The van der Waals surface area contributed by atoms with Crippen LogP contribution in [0.5, 0.6) is 0 Å². The molecule has 2 rings (SSSR count). The van der Waals surface area contributed by atoms with E-state index in [1.54, 1.807) is 11.3 Å². The highest BCUT2D eigenvalue weighted by Gasteiger charge is 2.26. The van der Waals surface area contributed by atoms with E-state index < -0.39 is 14.2 Å². The molecule has 0 aliphatic heterocycles. The standard InChI is InChI=1S/C17H22O4.C8H12Si/c1-4-17(2,3)16(19)21-13-20-12-15(18)11-10-14-8-6-5-7-9-14;1-9(2)8-6-4-3-5-7-8/h5-11H,4,12-13H2,1-3H3;3-7,9H,1-2H3/b11-10+;. The lowest BCUT2D eigenvalue weighted by atomic mass is 9.91. The number of hydrogen-bond acceptors (Lipinski definition) is 4. The van der Waals surface area contributed by atoms with Gasteiger partial charge in [-0.3, -0.25) is 9.59 Å². The summed E-state index contributed by atoms with van der Waals surface area (Å²) in [6, 6.07) is 20.2. The number of benzene rings is 2. The van der Waals surface area contributed by atoms with Crippen LogP contribution in [-0.2, 0) is 19.1 Å². The van der Waals surface area contributed by atoms with E-state index in [-0.39, 0.29) is 25.2 Å². The average Bonchev–Trinajstić information content (AvgIpc) is 2.76. The Hall–Kier alpha value is -2.50. The highest BCUT2D eigenvalue weighted by molar-refractivity contribution is 6.70. The third-order valence-electron chi connectivity index (χ3n) is 4.68. The summed E-state index contributed by atoms with van der Waals surface area (Å²) in [5.41, 5.74) is 0.419. The van der Waals surface area contributed by atoms with Crippen molar-refractivity contribution in [1.82, 2.24) is 0 Å². The van der Waals surface area contributed by atoms with Crippen molar-refractivity contribution in [3.8, 4) is 0 Å². The van der Waals surface area contributed by atoms with Gasteiger partial charge in [0.2, 0.25) is 0 Å². The Morgan fingerprint density at radius 1 is 0.967 bits per heavy atom. The van der Waals surface area contributed by atoms with Crippen LogP contribution in [0.25, 0.3) is 6.08 Å². The molecule has 0 unspecified atom stereocenters. The Labute approximate surface area is 182 Å². The minimum Gasteiger partial charge on any atom is -0.438 e. The lowest BCUT2D eigenvalue weighted by molar-refractivity contribution is -0.167. The minimum atomic E-state index is -0.529. The Bertz CT molecular complexity index is 783. The summed E-state index contributed by atoms with van der Waals surface area (Å²) in [5.74, 6) is -0.498. The minimum absolute atomic E-state index is 0.108. The number of esters is 1. The average molecular weight is 427 g/mol. The molecule has 0 radical (unpaired) electrons. The maximum absolute atomic E-state index is 11.7. The largest absolute Gasteiger partial charge is 0.438 e. The first-order chi connectivity index (χ1) is 14.3. The summed E-state index contributed by atoms with van der Waals surface area (Å²) in [6.45, 7) is 9.91. The zero-order valence-electron chi connectivity index (χ0n) is 18.8. The number of carbonyl (C=O) groups is 2. The molecule has 0 spiro atoms. The summed E-state index contributed by atoms with van der Waals surface area (Å²) >= 11 is 0. The summed E-state index contributed by atoms with van der Waals surface area (Å²) in [6.07, 6.45) is 3.86. The van der Waals surface area contributed by atoms with Gasteiger partial charge in [-0.2, -0.15) is 0 Å². The molecule has 0 N–H and O–H groups in total. The second kappa shape index (κ2) is 13.7. The van der Waals surface area contributed by atoms with Gasteiger partial charge in [0.15, 0.2) is 12.6 Å². The summed E-state index contributed by atoms with van der Waals surface area (Å²) in [7, 11) is -0.529. The van der Waals surface area contributed by atoms with Gasteiger partial charge < -0.3 is 9.47 Å². The predicted octanol–water partition coefficient (Wildman–Crippen LogP) is 4.60. The van der Waals surface area contributed by atoms with Crippen LogP contribution in [0.2, 0.25) is 13.1 Å². The molecule has 0 amide bonds. The van der Waals surface area contributed by atoms with Gasteiger partial charge in [-0.25, -0.2) is 0 Å². The first-order valence-corrected chi connectivity index (χ1v) is 13.2. The van der Waals surface area contributed by atoms with E-state index in [1.807, 2.05) is 51.1 Å². The molecule has 4 nitrogen and oxygen atoms in total. The molecule has 30 heavy (non-hydrogen) atoms. The van der Waals surface area contributed by atoms with E-state index >= 15 is 0 Å². The van der Waals surface area contributed by atoms with Crippen molar-refractivity contribution >= 4 is 31.8 Å². The summed E-state index contributed by atoms with van der Waals surface area (Å²) in [4.78, 5) is 23.2. The third kappa shape index (κ3) is 10.3. The van der Waals surface area contributed by atoms with Crippen LogP contribution in [0.3, 0.4) is 0 Å². The molecular formula is C25H34O4Si. The van der Waals surface area contributed by atoms with Crippen molar-refractivity contribution in [1.29, 1.82) is 0 Å². The van der Waals surface area contributed by atoms with Gasteiger partial charge in [0.25, 0.3) is 0 Å². The van der Waals surface area contributed by atoms with Crippen molar-refractivity contribution in [2.75, 3.05) is 13.4 Å². The van der Waals surface area contributed by atoms with Gasteiger partial charge in [0.1, 0.15) is 6.61 Å². The van der Waals surface area contributed by atoms with Crippen molar-refractivity contribution in [2.24, 2.45) is 5.41 Å². The highest BCUT2D eigenvalue weighted by atomic mass is 28.3. The normalized spacial score (nSPS) is 11.1. The fourth-order valence-electron chi connectivity index (χ4n) is 2.22. The molecule has 2 aromatic carbocycles. The van der Waals surface area contributed by atoms with E-state index in [1.165, 1.54) is 6.08 Å². The smallest absolute Gasteiger partial charge is 0.313 e. The number of hydrogen-bond donors (Lipinski definition) is 0. The molecule has 0 aromatic heterocycles. The molecule has 0 bridgehead atoms. The molecule has 0 saturated carbocycles. The van der Waals surface area contributed by atoms with E-state index in [0.29, 0.717) is 6.42 Å². The zero-order valence-corrected chi connectivity index (χ0v) is 19.9. The second-order valence-corrected chi connectivity index (χ2v) is 10.9. The SMILES string of the molecule is CCC(C)(C)C(=O)OCOCC(=O)/C=C/c1ccccc1.C[SiH](C)c1ccccc1. The van der Waals surface area contributed by atoms with E-state index in [4.69, 9.17) is 9.47 Å². The van der Waals surface area contributed by atoms with Crippen LogP contribution in [0, 0.1) is 5.41 Å². The Balaban J connectivity index is 0.000000414. The van der Waals surface area contributed by atoms with Crippen LogP contribution in [0.1, 0.15) is 32.8 Å².